The fraction of sp³-hybridized carbons (Fsp3) is 0.200. The van der Waals surface area contributed by atoms with Crippen LogP contribution in [0.15, 0.2) is 64.2 Å². The second-order valence-electron chi connectivity index (χ2n) is 6.26. The third-order valence-electron chi connectivity index (χ3n) is 4.22. The number of halogens is 1. The highest BCUT2D eigenvalue weighted by molar-refractivity contribution is 9.10. The number of ether oxygens (including phenoxy) is 1. The van der Waals surface area contributed by atoms with Crippen LogP contribution < -0.4 is 15.6 Å². The van der Waals surface area contributed by atoms with Crippen molar-refractivity contribution in [2.75, 3.05) is 41.9 Å². The number of para-hydroxylation sites is 1. The number of nitrogens with one attached hydrogen (secondary N) is 2. The third kappa shape index (κ3) is 5.27. The van der Waals surface area contributed by atoms with Crippen LogP contribution in [-0.4, -0.2) is 47.5 Å². The molecule has 0 unspecified atom stereocenters. The Morgan fingerprint density at radius 3 is 2.45 bits per heavy atom. The number of hydrazone groups is 1. The molecule has 0 amide bonds. The van der Waals surface area contributed by atoms with Gasteiger partial charge in [0.15, 0.2) is 0 Å². The fourth-order valence-corrected chi connectivity index (χ4v) is 3.15. The topological polar surface area (TPSA) is 87.6 Å². The van der Waals surface area contributed by atoms with Gasteiger partial charge in [-0.25, -0.2) is 5.43 Å². The molecule has 9 heteroatoms. The van der Waals surface area contributed by atoms with Crippen molar-refractivity contribution in [3.63, 3.8) is 0 Å². The number of hydrogen-bond donors (Lipinski definition) is 2. The summed E-state index contributed by atoms with van der Waals surface area (Å²) >= 11 is 3.51. The molecule has 0 aliphatic carbocycles. The van der Waals surface area contributed by atoms with E-state index in [9.17, 15) is 0 Å². The van der Waals surface area contributed by atoms with E-state index in [0.29, 0.717) is 31.1 Å². The number of anilines is 4. The molecule has 0 spiro atoms. The molecule has 8 nitrogen and oxygen atoms in total. The minimum Gasteiger partial charge on any atom is -0.378 e. The molecule has 0 atom stereocenters. The lowest BCUT2D eigenvalue weighted by Gasteiger charge is -2.27. The molecule has 3 aromatic rings. The van der Waals surface area contributed by atoms with Crippen molar-refractivity contribution < 1.29 is 4.74 Å². The summed E-state index contributed by atoms with van der Waals surface area (Å²) in [5.74, 6) is 1.40. The van der Waals surface area contributed by atoms with E-state index in [-0.39, 0.29) is 0 Å². The van der Waals surface area contributed by atoms with E-state index in [0.717, 1.165) is 28.8 Å². The molecule has 148 valence electrons. The van der Waals surface area contributed by atoms with E-state index >= 15 is 0 Å². The molecule has 1 aliphatic heterocycles. The van der Waals surface area contributed by atoms with Crippen molar-refractivity contribution in [1.29, 1.82) is 0 Å². The van der Waals surface area contributed by atoms with Gasteiger partial charge in [0.25, 0.3) is 0 Å². The van der Waals surface area contributed by atoms with Gasteiger partial charge >= 0.3 is 0 Å². The number of hydrogen-bond acceptors (Lipinski definition) is 8. The summed E-state index contributed by atoms with van der Waals surface area (Å²) in [6.07, 6.45) is 1.71. The lowest BCUT2D eigenvalue weighted by molar-refractivity contribution is 0.122. The number of benzene rings is 2. The van der Waals surface area contributed by atoms with Crippen LogP contribution in [0.2, 0.25) is 0 Å². The second-order valence-corrected chi connectivity index (χ2v) is 7.12. The highest BCUT2D eigenvalue weighted by atomic mass is 79.9. The van der Waals surface area contributed by atoms with Crippen molar-refractivity contribution in [2.45, 2.75) is 0 Å². The van der Waals surface area contributed by atoms with Crippen LogP contribution >= 0.6 is 15.9 Å². The van der Waals surface area contributed by atoms with Gasteiger partial charge in [-0.1, -0.05) is 52.3 Å². The van der Waals surface area contributed by atoms with E-state index in [1.54, 1.807) is 6.21 Å². The Balaban J connectivity index is 1.57. The number of nitrogens with zero attached hydrogens (tertiary/aromatic N) is 5. The zero-order valence-corrected chi connectivity index (χ0v) is 17.2. The SMILES string of the molecule is Brc1ccccc1/C=N/Nc1nc(Nc2ccccc2)nc(N2CCOCC2)n1. The standard InChI is InChI=1S/C20H20BrN7O/c21-17-9-5-4-6-15(17)14-22-27-19-24-18(23-16-7-2-1-3-8-16)25-20(26-19)28-10-12-29-13-11-28/h1-9,14H,10-13H2,(H2,23,24,25,26,27)/b22-14+. The monoisotopic (exact) mass is 453 g/mol. The van der Waals surface area contributed by atoms with Crippen LogP contribution in [0.3, 0.4) is 0 Å². The van der Waals surface area contributed by atoms with Crippen molar-refractivity contribution >= 4 is 45.7 Å². The fourth-order valence-electron chi connectivity index (χ4n) is 2.77. The third-order valence-corrected chi connectivity index (χ3v) is 4.94. The highest BCUT2D eigenvalue weighted by Gasteiger charge is 2.16. The summed E-state index contributed by atoms with van der Waals surface area (Å²) in [5, 5.41) is 7.50. The maximum Gasteiger partial charge on any atom is 0.250 e. The Morgan fingerprint density at radius 2 is 1.66 bits per heavy atom. The predicted octanol–water partition coefficient (Wildman–Crippen LogP) is 3.66. The predicted molar refractivity (Wildman–Crippen MR) is 118 cm³/mol. The molecule has 2 heterocycles. The van der Waals surface area contributed by atoms with Gasteiger partial charge in [0, 0.05) is 28.8 Å². The summed E-state index contributed by atoms with van der Waals surface area (Å²) < 4.78 is 6.39. The normalized spacial score (nSPS) is 14.2. The highest BCUT2D eigenvalue weighted by Crippen LogP contribution is 2.19. The van der Waals surface area contributed by atoms with Gasteiger partial charge in [-0.3, -0.25) is 0 Å². The van der Waals surface area contributed by atoms with Crippen LogP contribution in [0.25, 0.3) is 0 Å². The van der Waals surface area contributed by atoms with Gasteiger partial charge in [0.1, 0.15) is 0 Å². The zero-order chi connectivity index (χ0) is 19.9. The molecule has 1 aliphatic rings. The molecular weight excluding hydrogens is 434 g/mol. The van der Waals surface area contributed by atoms with Crippen molar-refractivity contribution in [2.24, 2.45) is 5.10 Å². The van der Waals surface area contributed by atoms with Gasteiger partial charge in [-0.2, -0.15) is 20.1 Å². The maximum absolute atomic E-state index is 5.43. The van der Waals surface area contributed by atoms with E-state index < -0.39 is 0 Å². The molecule has 1 fully saturated rings. The summed E-state index contributed by atoms with van der Waals surface area (Å²) in [4.78, 5) is 15.6. The van der Waals surface area contributed by atoms with Crippen LogP contribution in [0.5, 0.6) is 0 Å². The largest absolute Gasteiger partial charge is 0.378 e. The molecule has 4 rings (SSSR count). The molecule has 0 radical (unpaired) electrons. The van der Waals surface area contributed by atoms with E-state index in [1.807, 2.05) is 54.6 Å². The first-order valence-corrected chi connectivity index (χ1v) is 10.0. The van der Waals surface area contributed by atoms with Crippen LogP contribution in [0, 0.1) is 0 Å². The first-order valence-electron chi connectivity index (χ1n) is 9.22. The maximum atomic E-state index is 5.43. The average Bonchev–Trinajstić information content (AvgIpc) is 2.76. The molecule has 1 aromatic heterocycles. The molecular formula is C20H20BrN7O. The Labute approximate surface area is 177 Å². The van der Waals surface area contributed by atoms with Crippen molar-refractivity contribution in [3.05, 3.63) is 64.6 Å². The quantitative estimate of drug-likeness (QED) is 0.434. The van der Waals surface area contributed by atoms with Crippen LogP contribution in [0.1, 0.15) is 5.56 Å². The number of morpholine rings is 1. The molecule has 0 saturated carbocycles. The van der Waals surface area contributed by atoms with E-state index in [1.165, 1.54) is 0 Å². The van der Waals surface area contributed by atoms with Crippen LogP contribution in [-0.2, 0) is 4.74 Å². The molecule has 2 N–H and O–H groups in total. The summed E-state index contributed by atoms with van der Waals surface area (Å²) in [5.41, 5.74) is 4.76. The smallest absolute Gasteiger partial charge is 0.250 e. The molecule has 2 aromatic carbocycles. The van der Waals surface area contributed by atoms with E-state index in [2.05, 4.69) is 51.6 Å². The summed E-state index contributed by atoms with van der Waals surface area (Å²) in [7, 11) is 0. The Morgan fingerprint density at radius 1 is 0.931 bits per heavy atom. The lowest BCUT2D eigenvalue weighted by atomic mass is 10.2. The Kier molecular flexibility index (Phi) is 6.28. The minimum atomic E-state index is 0.364. The zero-order valence-electron chi connectivity index (χ0n) is 15.6. The van der Waals surface area contributed by atoms with Crippen LogP contribution in [0.4, 0.5) is 23.5 Å². The van der Waals surface area contributed by atoms with Gasteiger partial charge in [0.05, 0.1) is 19.4 Å². The average molecular weight is 454 g/mol. The number of aromatic nitrogens is 3. The number of rotatable bonds is 6. The van der Waals surface area contributed by atoms with E-state index in [4.69, 9.17) is 4.74 Å². The Bertz CT molecular complexity index is 978. The second kappa shape index (κ2) is 9.44. The van der Waals surface area contributed by atoms with Crippen molar-refractivity contribution in [1.82, 2.24) is 15.0 Å². The van der Waals surface area contributed by atoms with Gasteiger partial charge in [-0.15, -0.1) is 0 Å². The van der Waals surface area contributed by atoms with Gasteiger partial charge in [-0.05, 0) is 18.2 Å². The van der Waals surface area contributed by atoms with Crippen molar-refractivity contribution in [3.8, 4) is 0 Å². The lowest BCUT2D eigenvalue weighted by Crippen LogP contribution is -2.37. The molecule has 0 bridgehead atoms. The Hall–Kier alpha value is -3.04. The summed E-state index contributed by atoms with van der Waals surface area (Å²) in [6, 6.07) is 17.6. The summed E-state index contributed by atoms with van der Waals surface area (Å²) in [6.45, 7) is 2.76. The van der Waals surface area contributed by atoms with Gasteiger partial charge in [0.2, 0.25) is 17.8 Å². The minimum absolute atomic E-state index is 0.364. The molecule has 29 heavy (non-hydrogen) atoms. The van der Waals surface area contributed by atoms with Gasteiger partial charge < -0.3 is 15.0 Å². The first-order chi connectivity index (χ1) is 14.3. The molecule has 1 saturated heterocycles. The first kappa shape index (κ1) is 19.3.